The van der Waals surface area contributed by atoms with Crippen molar-refractivity contribution in [1.29, 1.82) is 0 Å². The van der Waals surface area contributed by atoms with Gasteiger partial charge in [0.25, 0.3) is 5.91 Å². The summed E-state index contributed by atoms with van der Waals surface area (Å²) in [5, 5.41) is 2.66. The Morgan fingerprint density at radius 3 is 2.46 bits per heavy atom. The van der Waals surface area contributed by atoms with Crippen LogP contribution >= 0.6 is 0 Å². The molecule has 26 heavy (non-hydrogen) atoms. The summed E-state index contributed by atoms with van der Waals surface area (Å²) in [5.41, 5.74) is 1.49. The van der Waals surface area contributed by atoms with Crippen LogP contribution in [-0.4, -0.2) is 32.2 Å². The van der Waals surface area contributed by atoms with Gasteiger partial charge in [-0.3, -0.25) is 4.79 Å². The van der Waals surface area contributed by atoms with E-state index in [1.165, 1.54) is 32.0 Å². The zero-order chi connectivity index (χ0) is 19.3. The molecule has 7 heteroatoms. The number of hydrogen-bond donors (Lipinski definition) is 1. The maximum absolute atomic E-state index is 12.4. The molecule has 0 aromatic heterocycles. The van der Waals surface area contributed by atoms with Crippen molar-refractivity contribution in [3.8, 4) is 0 Å². The van der Waals surface area contributed by atoms with Crippen LogP contribution in [0.1, 0.15) is 29.8 Å². The Kier molecular flexibility index (Phi) is 6.15. The standard InChI is InChI=1S/C19H21NO5S/c1-4-26(23,24)17-11-6-5-10-16(17)19(22)25-14(3)18(21)20-15-9-7-8-13(2)12-15/h5-12,14H,4H2,1-3H3,(H,20,21)/t14-/m1/s1. The molecule has 0 fully saturated rings. The number of nitrogens with one attached hydrogen (secondary N) is 1. The molecule has 0 spiro atoms. The number of aryl methyl sites for hydroxylation is 1. The monoisotopic (exact) mass is 375 g/mol. The third kappa shape index (κ3) is 4.70. The average Bonchev–Trinajstić information content (AvgIpc) is 2.61. The van der Waals surface area contributed by atoms with E-state index in [2.05, 4.69) is 5.32 Å². The summed E-state index contributed by atoms with van der Waals surface area (Å²) in [6, 6.07) is 13.0. The quantitative estimate of drug-likeness (QED) is 0.784. The second-order valence-electron chi connectivity index (χ2n) is 5.81. The highest BCUT2D eigenvalue weighted by Crippen LogP contribution is 2.19. The molecule has 0 saturated heterocycles. The number of sulfone groups is 1. The van der Waals surface area contributed by atoms with Gasteiger partial charge >= 0.3 is 5.97 Å². The number of anilines is 1. The number of benzene rings is 2. The molecule has 0 aliphatic rings. The van der Waals surface area contributed by atoms with Crippen LogP contribution < -0.4 is 5.32 Å². The number of carbonyl (C=O) groups is 2. The van der Waals surface area contributed by atoms with E-state index in [1.807, 2.05) is 13.0 Å². The predicted molar refractivity (Wildman–Crippen MR) is 98.9 cm³/mol. The van der Waals surface area contributed by atoms with Crippen LogP contribution in [0, 0.1) is 6.92 Å². The van der Waals surface area contributed by atoms with Gasteiger partial charge in [-0.05, 0) is 43.7 Å². The van der Waals surface area contributed by atoms with Crippen molar-refractivity contribution in [2.24, 2.45) is 0 Å². The minimum Gasteiger partial charge on any atom is -0.449 e. The lowest BCUT2D eigenvalue weighted by molar-refractivity contribution is -0.123. The third-order valence-corrected chi connectivity index (χ3v) is 5.55. The molecule has 138 valence electrons. The van der Waals surface area contributed by atoms with Gasteiger partial charge in [0.15, 0.2) is 15.9 Å². The molecule has 2 aromatic rings. The summed E-state index contributed by atoms with van der Waals surface area (Å²) < 4.78 is 29.4. The molecule has 0 aliphatic carbocycles. The lowest BCUT2D eigenvalue weighted by atomic mass is 10.2. The molecule has 0 unspecified atom stereocenters. The van der Waals surface area contributed by atoms with Crippen LogP contribution in [0.15, 0.2) is 53.4 Å². The SMILES string of the molecule is CCS(=O)(=O)c1ccccc1C(=O)O[C@H](C)C(=O)Nc1cccc(C)c1. The summed E-state index contributed by atoms with van der Waals surface area (Å²) >= 11 is 0. The summed E-state index contributed by atoms with van der Waals surface area (Å²) in [6.07, 6.45) is -1.08. The van der Waals surface area contributed by atoms with Crippen LogP contribution in [0.2, 0.25) is 0 Å². The predicted octanol–water partition coefficient (Wildman–Crippen LogP) is 2.97. The van der Waals surface area contributed by atoms with Crippen molar-refractivity contribution in [3.63, 3.8) is 0 Å². The molecule has 2 rings (SSSR count). The van der Waals surface area contributed by atoms with E-state index in [9.17, 15) is 18.0 Å². The first-order chi connectivity index (χ1) is 12.2. The van der Waals surface area contributed by atoms with Gasteiger partial charge in [0.2, 0.25) is 0 Å². The highest BCUT2D eigenvalue weighted by atomic mass is 32.2. The Balaban J connectivity index is 2.14. The number of ether oxygens (including phenoxy) is 1. The fraction of sp³-hybridized carbons (Fsp3) is 0.263. The van der Waals surface area contributed by atoms with E-state index in [0.717, 1.165) is 5.56 Å². The summed E-state index contributed by atoms with van der Waals surface area (Å²) in [7, 11) is -3.58. The minimum absolute atomic E-state index is 0.0791. The normalized spacial score (nSPS) is 12.3. The Morgan fingerprint density at radius 2 is 1.81 bits per heavy atom. The van der Waals surface area contributed by atoms with E-state index in [0.29, 0.717) is 5.69 Å². The molecule has 1 atom stereocenters. The van der Waals surface area contributed by atoms with E-state index < -0.39 is 27.8 Å². The number of carbonyl (C=O) groups excluding carboxylic acids is 2. The van der Waals surface area contributed by atoms with E-state index in [-0.39, 0.29) is 16.2 Å². The topological polar surface area (TPSA) is 89.5 Å². The van der Waals surface area contributed by atoms with E-state index in [1.54, 1.807) is 24.3 Å². The Bertz CT molecular complexity index is 921. The van der Waals surface area contributed by atoms with Crippen molar-refractivity contribution in [1.82, 2.24) is 0 Å². The molecule has 0 bridgehead atoms. The molecule has 0 aliphatic heterocycles. The number of rotatable bonds is 6. The van der Waals surface area contributed by atoms with Gasteiger partial charge in [0, 0.05) is 5.69 Å². The van der Waals surface area contributed by atoms with E-state index in [4.69, 9.17) is 4.74 Å². The summed E-state index contributed by atoms with van der Waals surface area (Å²) in [6.45, 7) is 4.82. The van der Waals surface area contributed by atoms with Gasteiger partial charge in [-0.25, -0.2) is 13.2 Å². The largest absolute Gasteiger partial charge is 0.449 e. The third-order valence-electron chi connectivity index (χ3n) is 3.76. The smallest absolute Gasteiger partial charge is 0.340 e. The van der Waals surface area contributed by atoms with Crippen molar-refractivity contribution in [2.75, 3.05) is 11.1 Å². The molecule has 2 aromatic carbocycles. The zero-order valence-electron chi connectivity index (χ0n) is 14.9. The zero-order valence-corrected chi connectivity index (χ0v) is 15.7. The second kappa shape index (κ2) is 8.14. The number of hydrogen-bond acceptors (Lipinski definition) is 5. The van der Waals surface area contributed by atoms with Crippen molar-refractivity contribution < 1.29 is 22.7 Å². The average molecular weight is 375 g/mol. The Hall–Kier alpha value is -2.67. The fourth-order valence-corrected chi connectivity index (χ4v) is 3.39. The lowest BCUT2D eigenvalue weighted by Crippen LogP contribution is -2.30. The molecule has 0 radical (unpaired) electrons. The van der Waals surface area contributed by atoms with Crippen molar-refractivity contribution in [2.45, 2.75) is 31.8 Å². The highest BCUT2D eigenvalue weighted by molar-refractivity contribution is 7.91. The van der Waals surface area contributed by atoms with E-state index >= 15 is 0 Å². The first-order valence-electron chi connectivity index (χ1n) is 8.15. The number of esters is 1. The second-order valence-corrected chi connectivity index (χ2v) is 8.05. The molecule has 1 amide bonds. The highest BCUT2D eigenvalue weighted by Gasteiger charge is 2.25. The van der Waals surface area contributed by atoms with Crippen LogP contribution in [0.3, 0.4) is 0 Å². The summed E-state index contributed by atoms with van der Waals surface area (Å²) in [5.74, 6) is -1.50. The van der Waals surface area contributed by atoms with Gasteiger partial charge in [0.05, 0.1) is 16.2 Å². The first-order valence-corrected chi connectivity index (χ1v) is 9.80. The van der Waals surface area contributed by atoms with Crippen LogP contribution in [0.4, 0.5) is 5.69 Å². The van der Waals surface area contributed by atoms with Crippen LogP contribution in [-0.2, 0) is 19.4 Å². The van der Waals surface area contributed by atoms with Crippen molar-refractivity contribution >= 4 is 27.4 Å². The van der Waals surface area contributed by atoms with Crippen LogP contribution in [0.5, 0.6) is 0 Å². The molecule has 1 N–H and O–H groups in total. The number of amides is 1. The minimum atomic E-state index is -3.58. The molecule has 6 nitrogen and oxygen atoms in total. The van der Waals surface area contributed by atoms with Gasteiger partial charge in [-0.2, -0.15) is 0 Å². The molecular weight excluding hydrogens is 354 g/mol. The lowest BCUT2D eigenvalue weighted by Gasteiger charge is -2.15. The maximum Gasteiger partial charge on any atom is 0.340 e. The van der Waals surface area contributed by atoms with Gasteiger partial charge < -0.3 is 10.1 Å². The maximum atomic E-state index is 12.4. The Labute approximate surface area is 153 Å². The van der Waals surface area contributed by atoms with Gasteiger partial charge in [-0.1, -0.05) is 31.2 Å². The van der Waals surface area contributed by atoms with Crippen molar-refractivity contribution in [3.05, 3.63) is 59.7 Å². The van der Waals surface area contributed by atoms with Gasteiger partial charge in [-0.15, -0.1) is 0 Å². The molecule has 0 saturated carbocycles. The van der Waals surface area contributed by atoms with Gasteiger partial charge in [0.1, 0.15) is 0 Å². The van der Waals surface area contributed by atoms with Crippen LogP contribution in [0.25, 0.3) is 0 Å². The fourth-order valence-electron chi connectivity index (χ4n) is 2.31. The summed E-state index contributed by atoms with van der Waals surface area (Å²) in [4.78, 5) is 24.5. The molecule has 0 heterocycles. The Morgan fingerprint density at radius 1 is 1.12 bits per heavy atom. The first kappa shape index (κ1) is 19.7. The molecular formula is C19H21NO5S.